The highest BCUT2D eigenvalue weighted by atomic mass is 32.2. The Kier molecular flexibility index (Phi) is 7.11. The van der Waals surface area contributed by atoms with Gasteiger partial charge < -0.3 is 15.7 Å². The number of carboxylic acid groups (broad SMARTS) is 1. The Morgan fingerprint density at radius 1 is 1.32 bits per heavy atom. The minimum absolute atomic E-state index is 0.0386. The summed E-state index contributed by atoms with van der Waals surface area (Å²) >= 11 is 1.62. The van der Waals surface area contributed by atoms with Gasteiger partial charge in [0.25, 0.3) is 5.56 Å². The molecule has 3 N–H and O–H groups in total. The third-order valence-electron chi connectivity index (χ3n) is 4.79. The Morgan fingerprint density at radius 2 is 2.11 bits per heavy atom. The van der Waals surface area contributed by atoms with Gasteiger partial charge in [-0.2, -0.15) is 0 Å². The van der Waals surface area contributed by atoms with Crippen LogP contribution in [0.1, 0.15) is 42.6 Å². The Morgan fingerprint density at radius 3 is 2.82 bits per heavy atom. The highest BCUT2D eigenvalue weighted by Crippen LogP contribution is 2.26. The number of nitrogens with one attached hydrogen (secondary N) is 2. The van der Waals surface area contributed by atoms with Crippen molar-refractivity contribution in [2.45, 2.75) is 43.9 Å². The first kappa shape index (κ1) is 20.4. The lowest BCUT2D eigenvalue weighted by molar-refractivity contribution is 0.194. The molecule has 8 heteroatoms. The Labute approximate surface area is 168 Å². The summed E-state index contributed by atoms with van der Waals surface area (Å²) in [6.07, 6.45) is 1.03. The van der Waals surface area contributed by atoms with Crippen molar-refractivity contribution in [3.63, 3.8) is 0 Å². The molecule has 1 amide bonds. The molecule has 0 radical (unpaired) electrons. The number of nitrogens with zero attached hydrogens (tertiary/aromatic N) is 2. The Balaban J connectivity index is 1.84. The number of hydrogen-bond donors (Lipinski definition) is 3. The van der Waals surface area contributed by atoms with Gasteiger partial charge >= 0.3 is 6.09 Å². The molecule has 1 unspecified atom stereocenters. The standard InChI is InChI=1S/C20H26N4O3S/c1-2-16(21-9-6-10-22-20(26)27)17-15(13-14-7-4-3-5-8-14)18(25)24-11-12-28-19(24)23-17/h3-5,7-8,16,21-22H,2,6,9-13H2,1H3,(H,26,27). The maximum atomic E-state index is 13.2. The first-order valence-corrected chi connectivity index (χ1v) is 10.6. The third kappa shape index (κ3) is 4.94. The molecule has 1 aromatic carbocycles. The van der Waals surface area contributed by atoms with Crippen LogP contribution in [0.4, 0.5) is 4.79 Å². The number of carbonyl (C=O) groups is 1. The van der Waals surface area contributed by atoms with Crippen LogP contribution in [-0.4, -0.2) is 39.6 Å². The smallest absolute Gasteiger partial charge is 0.404 e. The first-order valence-electron chi connectivity index (χ1n) is 9.60. The second-order valence-electron chi connectivity index (χ2n) is 6.73. The van der Waals surface area contributed by atoms with Gasteiger partial charge in [-0.1, -0.05) is 49.0 Å². The van der Waals surface area contributed by atoms with Crippen LogP contribution in [0, 0.1) is 0 Å². The summed E-state index contributed by atoms with van der Waals surface area (Å²) in [5, 5.41) is 15.3. The van der Waals surface area contributed by atoms with Crippen LogP contribution in [0.25, 0.3) is 0 Å². The number of amides is 1. The average Bonchev–Trinajstić information content (AvgIpc) is 3.16. The molecule has 0 saturated heterocycles. The second kappa shape index (κ2) is 9.75. The van der Waals surface area contributed by atoms with Gasteiger partial charge in [-0.15, -0.1) is 0 Å². The Hall–Kier alpha value is -2.32. The van der Waals surface area contributed by atoms with Crippen molar-refractivity contribution in [2.75, 3.05) is 18.8 Å². The van der Waals surface area contributed by atoms with E-state index in [0.29, 0.717) is 32.5 Å². The van der Waals surface area contributed by atoms with Crippen molar-refractivity contribution in [2.24, 2.45) is 0 Å². The molecule has 28 heavy (non-hydrogen) atoms. The van der Waals surface area contributed by atoms with Crippen molar-refractivity contribution >= 4 is 17.9 Å². The highest BCUT2D eigenvalue weighted by molar-refractivity contribution is 7.99. The van der Waals surface area contributed by atoms with E-state index in [2.05, 4.69) is 17.6 Å². The maximum Gasteiger partial charge on any atom is 0.404 e. The zero-order valence-electron chi connectivity index (χ0n) is 16.0. The van der Waals surface area contributed by atoms with Gasteiger partial charge in [-0.25, -0.2) is 9.78 Å². The molecule has 0 spiro atoms. The van der Waals surface area contributed by atoms with Crippen LogP contribution in [0.5, 0.6) is 0 Å². The fourth-order valence-electron chi connectivity index (χ4n) is 3.37. The van der Waals surface area contributed by atoms with Crippen molar-refractivity contribution < 1.29 is 9.90 Å². The summed E-state index contributed by atoms with van der Waals surface area (Å²) in [6.45, 7) is 3.82. The van der Waals surface area contributed by atoms with Crippen LogP contribution in [0.3, 0.4) is 0 Å². The largest absolute Gasteiger partial charge is 0.465 e. The van der Waals surface area contributed by atoms with Crippen LogP contribution < -0.4 is 16.2 Å². The summed E-state index contributed by atoms with van der Waals surface area (Å²) in [7, 11) is 0. The molecule has 1 aliphatic heterocycles. The van der Waals surface area contributed by atoms with Gasteiger partial charge in [0.1, 0.15) is 0 Å². The lowest BCUT2D eigenvalue weighted by Crippen LogP contribution is -2.32. The fourth-order valence-corrected chi connectivity index (χ4v) is 4.32. The molecular weight excluding hydrogens is 376 g/mol. The van der Waals surface area contributed by atoms with E-state index in [-0.39, 0.29) is 11.6 Å². The SMILES string of the molecule is CCC(NCCCNC(=O)O)c1nc2n(c(=O)c1Cc1ccccc1)CCS2. The first-order chi connectivity index (χ1) is 13.6. The molecule has 150 valence electrons. The zero-order chi connectivity index (χ0) is 19.9. The number of aromatic nitrogens is 2. The van der Waals surface area contributed by atoms with Crippen molar-refractivity contribution in [1.82, 2.24) is 20.2 Å². The van der Waals surface area contributed by atoms with Gasteiger partial charge in [0.2, 0.25) is 0 Å². The van der Waals surface area contributed by atoms with Crippen molar-refractivity contribution in [3.8, 4) is 0 Å². The minimum Gasteiger partial charge on any atom is -0.465 e. The number of fused-ring (bicyclic) bond motifs is 1. The van der Waals surface area contributed by atoms with Crippen molar-refractivity contribution in [3.05, 3.63) is 57.5 Å². The van der Waals surface area contributed by atoms with Gasteiger partial charge in [0.05, 0.1) is 5.69 Å². The van der Waals surface area contributed by atoms with Crippen LogP contribution >= 0.6 is 11.8 Å². The van der Waals surface area contributed by atoms with Gasteiger partial charge in [-0.05, 0) is 24.9 Å². The van der Waals surface area contributed by atoms with E-state index in [9.17, 15) is 9.59 Å². The molecule has 1 atom stereocenters. The summed E-state index contributed by atoms with van der Waals surface area (Å²) in [5.74, 6) is 0.877. The summed E-state index contributed by atoms with van der Waals surface area (Å²) < 4.78 is 1.79. The molecule has 0 aliphatic carbocycles. The topological polar surface area (TPSA) is 96.2 Å². The summed E-state index contributed by atoms with van der Waals surface area (Å²) in [5.41, 5.74) is 2.72. The van der Waals surface area contributed by atoms with Crippen molar-refractivity contribution in [1.29, 1.82) is 0 Å². The normalized spacial score (nSPS) is 13.9. The van der Waals surface area contributed by atoms with E-state index in [1.165, 1.54) is 0 Å². The molecule has 3 rings (SSSR count). The number of benzene rings is 1. The highest BCUT2D eigenvalue weighted by Gasteiger charge is 2.24. The van der Waals surface area contributed by atoms with E-state index in [0.717, 1.165) is 34.2 Å². The summed E-state index contributed by atoms with van der Waals surface area (Å²) in [4.78, 5) is 28.6. The van der Waals surface area contributed by atoms with E-state index in [4.69, 9.17) is 10.1 Å². The van der Waals surface area contributed by atoms with Crippen LogP contribution in [0.2, 0.25) is 0 Å². The molecule has 7 nitrogen and oxygen atoms in total. The predicted octanol–water partition coefficient (Wildman–Crippen LogP) is 2.64. The molecule has 2 aromatic rings. The van der Waals surface area contributed by atoms with Gasteiger partial charge in [0.15, 0.2) is 5.16 Å². The third-order valence-corrected chi connectivity index (χ3v) is 5.74. The molecule has 0 fully saturated rings. The van der Waals surface area contributed by atoms with Crippen LogP contribution in [0.15, 0.2) is 40.3 Å². The molecule has 1 aliphatic rings. The predicted molar refractivity (Wildman–Crippen MR) is 110 cm³/mol. The number of hydrogen-bond acceptors (Lipinski definition) is 5. The maximum absolute atomic E-state index is 13.2. The lowest BCUT2D eigenvalue weighted by Gasteiger charge is -2.21. The van der Waals surface area contributed by atoms with E-state index in [1.807, 2.05) is 30.3 Å². The van der Waals surface area contributed by atoms with E-state index in [1.54, 1.807) is 16.3 Å². The summed E-state index contributed by atoms with van der Waals surface area (Å²) in [6, 6.07) is 9.95. The van der Waals surface area contributed by atoms with Gasteiger partial charge in [0, 0.05) is 36.9 Å². The van der Waals surface area contributed by atoms with Crippen LogP contribution in [-0.2, 0) is 13.0 Å². The van der Waals surface area contributed by atoms with E-state index >= 15 is 0 Å². The molecule has 1 aromatic heterocycles. The molecule has 0 bridgehead atoms. The zero-order valence-corrected chi connectivity index (χ0v) is 16.8. The van der Waals surface area contributed by atoms with Gasteiger partial charge in [-0.3, -0.25) is 9.36 Å². The number of rotatable bonds is 9. The average molecular weight is 403 g/mol. The number of thioether (sulfide) groups is 1. The fraction of sp³-hybridized carbons (Fsp3) is 0.450. The Bertz CT molecular complexity index is 870. The molecular formula is C20H26N4O3S. The quantitative estimate of drug-likeness (QED) is 0.441. The minimum atomic E-state index is -1.01. The monoisotopic (exact) mass is 402 g/mol. The van der Waals surface area contributed by atoms with E-state index < -0.39 is 6.09 Å². The molecule has 0 saturated carbocycles. The second-order valence-corrected chi connectivity index (χ2v) is 7.79. The lowest BCUT2D eigenvalue weighted by atomic mass is 9.99. The molecule has 2 heterocycles.